The van der Waals surface area contributed by atoms with Crippen molar-refractivity contribution in [3.05, 3.63) is 23.8 Å². The molecule has 0 radical (unpaired) electrons. The van der Waals surface area contributed by atoms with Crippen LogP contribution in [0.1, 0.15) is 31.2 Å². The number of hydrogen-bond donors (Lipinski definition) is 2. The number of piperidine rings is 1. The Kier molecular flexibility index (Phi) is 4.05. The SMILES string of the molecule is Cc1ccc(NC(=O)C2CCN(C(=O)C3CC3)CC2)c(O)c1. The fourth-order valence-corrected chi connectivity index (χ4v) is 2.93. The molecule has 0 atom stereocenters. The third-order valence-corrected chi connectivity index (χ3v) is 4.52. The maximum Gasteiger partial charge on any atom is 0.227 e. The number of amides is 2. The molecule has 1 aliphatic heterocycles. The lowest BCUT2D eigenvalue weighted by molar-refractivity contribution is -0.135. The number of aryl methyl sites for hydroxylation is 1. The molecule has 22 heavy (non-hydrogen) atoms. The zero-order valence-electron chi connectivity index (χ0n) is 12.8. The number of phenolic OH excluding ortho intramolecular Hbond substituents is 1. The third-order valence-electron chi connectivity index (χ3n) is 4.52. The summed E-state index contributed by atoms with van der Waals surface area (Å²) in [5, 5.41) is 12.6. The number of nitrogens with zero attached hydrogens (tertiary/aromatic N) is 1. The average molecular weight is 302 g/mol. The number of likely N-dealkylation sites (tertiary alicyclic amines) is 1. The van der Waals surface area contributed by atoms with E-state index in [1.807, 2.05) is 17.9 Å². The van der Waals surface area contributed by atoms with Gasteiger partial charge in [0.05, 0.1) is 5.69 Å². The average Bonchev–Trinajstić information content (AvgIpc) is 3.34. The molecule has 0 bridgehead atoms. The molecule has 1 saturated carbocycles. The van der Waals surface area contributed by atoms with Gasteiger partial charge in [0, 0.05) is 24.9 Å². The summed E-state index contributed by atoms with van der Waals surface area (Å²) in [6.45, 7) is 3.21. The number of aromatic hydroxyl groups is 1. The van der Waals surface area contributed by atoms with Gasteiger partial charge < -0.3 is 15.3 Å². The van der Waals surface area contributed by atoms with Crippen LogP contribution in [-0.2, 0) is 9.59 Å². The van der Waals surface area contributed by atoms with Crippen molar-refractivity contribution >= 4 is 17.5 Å². The minimum Gasteiger partial charge on any atom is -0.506 e. The molecule has 1 aromatic carbocycles. The summed E-state index contributed by atoms with van der Waals surface area (Å²) in [4.78, 5) is 26.2. The van der Waals surface area contributed by atoms with Crippen molar-refractivity contribution in [2.45, 2.75) is 32.6 Å². The molecule has 2 N–H and O–H groups in total. The summed E-state index contributed by atoms with van der Waals surface area (Å²) in [7, 11) is 0. The van der Waals surface area contributed by atoms with Crippen LogP contribution in [0.15, 0.2) is 18.2 Å². The number of carbonyl (C=O) groups is 2. The number of carbonyl (C=O) groups excluding carboxylic acids is 2. The lowest BCUT2D eigenvalue weighted by Crippen LogP contribution is -2.42. The number of anilines is 1. The van der Waals surface area contributed by atoms with Crippen LogP contribution >= 0.6 is 0 Å². The summed E-state index contributed by atoms with van der Waals surface area (Å²) in [5.74, 6) is 0.432. The van der Waals surface area contributed by atoms with Crippen molar-refractivity contribution in [2.24, 2.45) is 11.8 Å². The number of benzene rings is 1. The van der Waals surface area contributed by atoms with Gasteiger partial charge >= 0.3 is 0 Å². The lowest BCUT2D eigenvalue weighted by atomic mass is 9.95. The molecular formula is C17H22N2O3. The highest BCUT2D eigenvalue weighted by Crippen LogP contribution is 2.33. The van der Waals surface area contributed by atoms with Gasteiger partial charge in [0.1, 0.15) is 5.75 Å². The first-order valence-corrected chi connectivity index (χ1v) is 7.94. The molecule has 2 aliphatic rings. The Morgan fingerprint density at radius 2 is 1.82 bits per heavy atom. The normalized spacial score (nSPS) is 19.0. The van der Waals surface area contributed by atoms with Gasteiger partial charge in [-0.1, -0.05) is 6.07 Å². The second kappa shape index (κ2) is 5.99. The first-order chi connectivity index (χ1) is 10.5. The molecule has 2 fully saturated rings. The molecule has 5 heteroatoms. The van der Waals surface area contributed by atoms with Crippen molar-refractivity contribution in [2.75, 3.05) is 18.4 Å². The van der Waals surface area contributed by atoms with Crippen molar-refractivity contribution in [1.29, 1.82) is 0 Å². The van der Waals surface area contributed by atoms with Gasteiger partial charge in [-0.3, -0.25) is 9.59 Å². The fourth-order valence-electron chi connectivity index (χ4n) is 2.93. The van der Waals surface area contributed by atoms with Gasteiger partial charge in [-0.2, -0.15) is 0 Å². The smallest absolute Gasteiger partial charge is 0.227 e. The number of phenols is 1. The molecule has 3 rings (SSSR count). The quantitative estimate of drug-likeness (QED) is 0.842. The summed E-state index contributed by atoms with van der Waals surface area (Å²) in [6.07, 6.45) is 3.42. The molecule has 1 heterocycles. The van der Waals surface area contributed by atoms with E-state index in [-0.39, 0.29) is 29.4 Å². The van der Waals surface area contributed by atoms with Crippen LogP contribution in [0.2, 0.25) is 0 Å². The van der Waals surface area contributed by atoms with Crippen LogP contribution in [-0.4, -0.2) is 34.9 Å². The monoisotopic (exact) mass is 302 g/mol. The lowest BCUT2D eigenvalue weighted by Gasteiger charge is -2.31. The third kappa shape index (κ3) is 3.24. The Morgan fingerprint density at radius 1 is 1.14 bits per heavy atom. The van der Waals surface area contributed by atoms with Crippen molar-refractivity contribution in [3.63, 3.8) is 0 Å². The van der Waals surface area contributed by atoms with Crippen LogP contribution in [0.25, 0.3) is 0 Å². The van der Waals surface area contributed by atoms with E-state index in [0.717, 1.165) is 18.4 Å². The highest BCUT2D eigenvalue weighted by atomic mass is 16.3. The number of nitrogens with one attached hydrogen (secondary N) is 1. The minimum atomic E-state index is -0.0936. The number of hydrogen-bond acceptors (Lipinski definition) is 3. The molecule has 1 aromatic rings. The molecule has 118 valence electrons. The first kappa shape index (κ1) is 14.9. The van der Waals surface area contributed by atoms with Gasteiger partial charge in [-0.05, 0) is 50.3 Å². The summed E-state index contributed by atoms with van der Waals surface area (Å²) < 4.78 is 0. The highest BCUT2D eigenvalue weighted by Gasteiger charge is 2.36. The van der Waals surface area contributed by atoms with E-state index in [2.05, 4.69) is 5.32 Å². The molecular weight excluding hydrogens is 280 g/mol. The predicted molar refractivity (Wildman–Crippen MR) is 83.5 cm³/mol. The van der Waals surface area contributed by atoms with E-state index in [9.17, 15) is 14.7 Å². The van der Waals surface area contributed by atoms with Gasteiger partial charge in [-0.25, -0.2) is 0 Å². The predicted octanol–water partition coefficient (Wildman–Crippen LogP) is 2.29. The van der Waals surface area contributed by atoms with E-state index >= 15 is 0 Å². The molecule has 5 nitrogen and oxygen atoms in total. The standard InChI is InChI=1S/C17H22N2O3/c1-11-2-5-14(15(20)10-11)18-16(21)12-6-8-19(9-7-12)17(22)13-3-4-13/h2,5,10,12-13,20H,3-4,6-9H2,1H3,(H,18,21). The second-order valence-corrected chi connectivity index (χ2v) is 6.38. The Balaban J connectivity index is 1.54. The molecule has 0 aromatic heterocycles. The summed E-state index contributed by atoms with van der Waals surface area (Å²) in [5.41, 5.74) is 1.40. The topological polar surface area (TPSA) is 69.6 Å². The maximum atomic E-state index is 12.3. The van der Waals surface area contributed by atoms with Gasteiger partial charge in [0.2, 0.25) is 11.8 Å². The molecule has 2 amide bonds. The Morgan fingerprint density at radius 3 is 2.41 bits per heavy atom. The molecule has 1 aliphatic carbocycles. The second-order valence-electron chi connectivity index (χ2n) is 6.38. The molecule has 0 spiro atoms. The van der Waals surface area contributed by atoms with Crippen LogP contribution in [0.4, 0.5) is 5.69 Å². The van der Waals surface area contributed by atoms with Crippen molar-refractivity contribution < 1.29 is 14.7 Å². The van der Waals surface area contributed by atoms with Crippen LogP contribution in [0.3, 0.4) is 0 Å². The molecule has 1 saturated heterocycles. The fraction of sp³-hybridized carbons (Fsp3) is 0.529. The summed E-state index contributed by atoms with van der Waals surface area (Å²) in [6, 6.07) is 5.20. The minimum absolute atomic E-state index is 0.0716. The van der Waals surface area contributed by atoms with E-state index in [1.165, 1.54) is 0 Å². The van der Waals surface area contributed by atoms with E-state index in [0.29, 0.717) is 31.6 Å². The van der Waals surface area contributed by atoms with Crippen molar-refractivity contribution in [3.8, 4) is 5.75 Å². The van der Waals surface area contributed by atoms with Gasteiger partial charge in [-0.15, -0.1) is 0 Å². The van der Waals surface area contributed by atoms with Gasteiger partial charge in [0.25, 0.3) is 0 Å². The van der Waals surface area contributed by atoms with E-state index < -0.39 is 0 Å². The molecule has 0 unspecified atom stereocenters. The van der Waals surface area contributed by atoms with Crippen LogP contribution in [0, 0.1) is 18.8 Å². The number of rotatable bonds is 3. The summed E-state index contributed by atoms with van der Waals surface area (Å²) >= 11 is 0. The van der Waals surface area contributed by atoms with E-state index in [1.54, 1.807) is 12.1 Å². The largest absolute Gasteiger partial charge is 0.506 e. The Labute approximate surface area is 130 Å². The highest BCUT2D eigenvalue weighted by molar-refractivity contribution is 5.94. The van der Waals surface area contributed by atoms with E-state index in [4.69, 9.17) is 0 Å². The first-order valence-electron chi connectivity index (χ1n) is 7.94. The Hall–Kier alpha value is -2.04. The van der Waals surface area contributed by atoms with Crippen molar-refractivity contribution in [1.82, 2.24) is 4.90 Å². The van der Waals surface area contributed by atoms with Crippen LogP contribution < -0.4 is 5.32 Å². The van der Waals surface area contributed by atoms with Crippen LogP contribution in [0.5, 0.6) is 5.75 Å². The Bertz CT molecular complexity index is 588. The van der Waals surface area contributed by atoms with Gasteiger partial charge in [0.15, 0.2) is 0 Å². The zero-order valence-corrected chi connectivity index (χ0v) is 12.8. The maximum absolute atomic E-state index is 12.3. The zero-order chi connectivity index (χ0) is 15.7.